The molecule has 2 aliphatic rings. The maximum Gasteiger partial charge on any atom is 0.250 e. The number of hydrogen-bond donors (Lipinski definition) is 4. The fourth-order valence-electron chi connectivity index (χ4n) is 4.22. The highest BCUT2D eigenvalue weighted by Crippen LogP contribution is 2.26. The van der Waals surface area contributed by atoms with Crippen molar-refractivity contribution < 1.29 is 24.6 Å². The molecular formula is C21H29N6O4+. The lowest BCUT2D eigenvalue weighted by Gasteiger charge is -2.25. The molecule has 3 amide bonds. The molecule has 10 nitrogen and oxygen atoms in total. The molecule has 3 rings (SSSR count). The lowest BCUT2D eigenvalue weighted by Crippen LogP contribution is -2.49. The number of primary amides is 1. The molecule has 1 saturated carbocycles. The van der Waals surface area contributed by atoms with Crippen molar-refractivity contribution in [2.75, 3.05) is 18.4 Å². The Hall–Kier alpha value is -3.30. The maximum absolute atomic E-state index is 12.8. The van der Waals surface area contributed by atoms with E-state index in [1.807, 2.05) is 0 Å². The van der Waals surface area contributed by atoms with Crippen LogP contribution in [0.1, 0.15) is 44.6 Å². The zero-order valence-corrected chi connectivity index (χ0v) is 17.6. The highest BCUT2D eigenvalue weighted by Gasteiger charge is 2.36. The Balaban J connectivity index is 1.58. The van der Waals surface area contributed by atoms with E-state index in [9.17, 15) is 19.2 Å². The van der Waals surface area contributed by atoms with Gasteiger partial charge in [0.1, 0.15) is 11.9 Å². The van der Waals surface area contributed by atoms with Crippen molar-refractivity contribution in [3.05, 3.63) is 23.9 Å². The van der Waals surface area contributed by atoms with Gasteiger partial charge in [0.2, 0.25) is 23.5 Å². The van der Waals surface area contributed by atoms with E-state index in [-0.39, 0.29) is 47.7 Å². The summed E-state index contributed by atoms with van der Waals surface area (Å²) in [6.45, 7) is 1.77. The van der Waals surface area contributed by atoms with Gasteiger partial charge in [-0.2, -0.15) is 0 Å². The van der Waals surface area contributed by atoms with Crippen LogP contribution < -0.4 is 21.8 Å². The number of nitrogens with two attached hydrogens (primary N) is 2. The summed E-state index contributed by atoms with van der Waals surface area (Å²) in [4.78, 5) is 54.3. The molecule has 10 heteroatoms. The fraction of sp³-hybridized carbons (Fsp3) is 0.524. The molecule has 0 aromatic carbocycles. The summed E-state index contributed by atoms with van der Waals surface area (Å²) in [5.74, 6) is -0.929. The van der Waals surface area contributed by atoms with Crippen molar-refractivity contribution in [1.29, 1.82) is 0 Å². The largest absolute Gasteiger partial charge is 0.369 e. The minimum Gasteiger partial charge on any atom is -0.369 e. The van der Waals surface area contributed by atoms with Gasteiger partial charge in [-0.05, 0) is 44.2 Å². The second-order valence-electron chi connectivity index (χ2n) is 8.09. The summed E-state index contributed by atoms with van der Waals surface area (Å²) in [5, 5.41) is 11.8. The minimum absolute atomic E-state index is 0.0623. The van der Waals surface area contributed by atoms with Gasteiger partial charge in [0.05, 0.1) is 12.1 Å². The number of anilines is 1. The number of Topliss-reactive ketones (excluding diaryl/α,β-unsaturated/α-hetero) is 1. The standard InChI is InChI=1S/C21H28N6O4/c1-12(28)18(22)15-4-2-8-24-20(15)25-11-17(29)27-9-3-5-16(27)21(31)26-14-7-6-13(10-14)19(23)30/h2,4,8,13-14,16,22H,3,5-7,9-11H2,1H3,(H2,23,30)(H,24,25)(H,26,31)/p+1/t13-,14-,16+/m1/s1. The fourth-order valence-corrected chi connectivity index (χ4v) is 4.22. The molecular weight excluding hydrogens is 400 g/mol. The number of hydrogen-bond acceptors (Lipinski definition) is 6. The molecule has 6 N–H and O–H groups in total. The number of carbonyl (C=O) groups excluding carboxylic acids is 4. The maximum atomic E-state index is 12.8. The Kier molecular flexibility index (Phi) is 6.98. The average Bonchev–Trinajstić information content (AvgIpc) is 3.41. The number of pyridine rings is 1. The van der Waals surface area contributed by atoms with Crippen molar-refractivity contribution in [3.8, 4) is 0 Å². The van der Waals surface area contributed by atoms with Crippen molar-refractivity contribution in [2.24, 2.45) is 11.7 Å². The molecule has 1 aliphatic carbocycles. The van der Waals surface area contributed by atoms with Gasteiger partial charge in [-0.25, -0.2) is 4.98 Å². The molecule has 0 radical (unpaired) electrons. The zero-order chi connectivity index (χ0) is 22.5. The second kappa shape index (κ2) is 9.67. The van der Waals surface area contributed by atoms with Crippen LogP contribution in [0.3, 0.4) is 0 Å². The van der Waals surface area contributed by atoms with Gasteiger partial charge in [-0.1, -0.05) is 0 Å². The smallest absolute Gasteiger partial charge is 0.250 e. The Morgan fingerprint density at radius 2 is 2.03 bits per heavy atom. The third-order valence-corrected chi connectivity index (χ3v) is 5.94. The Labute approximate surface area is 180 Å². The number of nitrogens with zero attached hydrogens (tertiary/aromatic N) is 2. The highest BCUT2D eigenvalue weighted by atomic mass is 16.2. The van der Waals surface area contributed by atoms with Gasteiger partial charge in [0.15, 0.2) is 0 Å². The molecule has 1 aliphatic heterocycles. The highest BCUT2D eigenvalue weighted by molar-refractivity contribution is 6.43. The normalized spacial score (nSPS) is 22.7. The molecule has 3 atom stereocenters. The zero-order valence-electron chi connectivity index (χ0n) is 17.6. The van der Waals surface area contributed by atoms with Crippen LogP contribution in [-0.2, 0) is 19.2 Å². The SMILES string of the molecule is CC(=O)C(=[NH2+])c1cccnc1NCC(=O)N1CCC[C@H]1C(=O)N[C@@H]1CC[C@@H](C(N)=O)C1. The van der Waals surface area contributed by atoms with Crippen molar-refractivity contribution in [3.63, 3.8) is 0 Å². The van der Waals surface area contributed by atoms with E-state index in [2.05, 4.69) is 15.6 Å². The summed E-state index contributed by atoms with van der Waals surface area (Å²) < 4.78 is 0. The molecule has 1 aromatic heterocycles. The third-order valence-electron chi connectivity index (χ3n) is 5.94. The van der Waals surface area contributed by atoms with Crippen LogP contribution in [0.5, 0.6) is 0 Å². The lowest BCUT2D eigenvalue weighted by molar-refractivity contribution is -0.137. The summed E-state index contributed by atoms with van der Waals surface area (Å²) in [7, 11) is 0. The molecule has 0 unspecified atom stereocenters. The van der Waals surface area contributed by atoms with Crippen LogP contribution in [0, 0.1) is 5.92 Å². The van der Waals surface area contributed by atoms with E-state index in [1.54, 1.807) is 17.0 Å². The first-order valence-corrected chi connectivity index (χ1v) is 10.5. The molecule has 0 bridgehead atoms. The van der Waals surface area contributed by atoms with E-state index in [4.69, 9.17) is 11.1 Å². The quantitative estimate of drug-likeness (QED) is 0.364. The summed E-state index contributed by atoms with van der Waals surface area (Å²) in [5.41, 5.74) is 5.85. The molecule has 1 saturated heterocycles. The predicted octanol–water partition coefficient (Wildman–Crippen LogP) is -1.61. The lowest BCUT2D eigenvalue weighted by atomic mass is 10.1. The van der Waals surface area contributed by atoms with Gasteiger partial charge < -0.3 is 21.3 Å². The minimum atomic E-state index is -0.543. The Bertz CT molecular complexity index is 902. The average molecular weight is 430 g/mol. The first-order chi connectivity index (χ1) is 14.8. The molecule has 2 fully saturated rings. The van der Waals surface area contributed by atoms with Gasteiger partial charge in [-0.3, -0.25) is 24.6 Å². The van der Waals surface area contributed by atoms with E-state index in [0.717, 1.165) is 6.42 Å². The number of nitrogens with one attached hydrogen (secondary N) is 2. The number of rotatable bonds is 8. The van der Waals surface area contributed by atoms with E-state index < -0.39 is 6.04 Å². The van der Waals surface area contributed by atoms with Crippen LogP contribution >= 0.6 is 0 Å². The number of amides is 3. The van der Waals surface area contributed by atoms with Gasteiger partial charge in [0.25, 0.3) is 5.71 Å². The molecule has 166 valence electrons. The number of carbonyl (C=O) groups is 4. The van der Waals surface area contributed by atoms with Crippen LogP contribution in [0.4, 0.5) is 5.82 Å². The molecule has 31 heavy (non-hydrogen) atoms. The molecule has 0 spiro atoms. The van der Waals surface area contributed by atoms with E-state index in [1.165, 1.54) is 13.1 Å². The van der Waals surface area contributed by atoms with Crippen molar-refractivity contribution in [2.45, 2.75) is 51.1 Å². The third kappa shape index (κ3) is 5.25. The molecule has 2 heterocycles. The van der Waals surface area contributed by atoms with Crippen LogP contribution in [0.2, 0.25) is 0 Å². The van der Waals surface area contributed by atoms with Crippen molar-refractivity contribution >= 4 is 35.0 Å². The Morgan fingerprint density at radius 1 is 1.26 bits per heavy atom. The summed E-state index contributed by atoms with van der Waals surface area (Å²) in [6, 6.07) is 2.68. The topological polar surface area (TPSA) is 160 Å². The predicted molar refractivity (Wildman–Crippen MR) is 113 cm³/mol. The van der Waals surface area contributed by atoms with Crippen LogP contribution in [0.15, 0.2) is 18.3 Å². The Morgan fingerprint density at radius 3 is 2.71 bits per heavy atom. The second-order valence-corrected chi connectivity index (χ2v) is 8.09. The first kappa shape index (κ1) is 22.4. The van der Waals surface area contributed by atoms with E-state index >= 15 is 0 Å². The number of likely N-dealkylation sites (tertiary alicyclic amines) is 1. The van der Waals surface area contributed by atoms with Gasteiger partial charge in [-0.15, -0.1) is 0 Å². The first-order valence-electron chi connectivity index (χ1n) is 10.5. The van der Waals surface area contributed by atoms with Crippen LogP contribution in [0.25, 0.3) is 0 Å². The monoisotopic (exact) mass is 429 g/mol. The van der Waals surface area contributed by atoms with Gasteiger partial charge in [0, 0.05) is 31.6 Å². The summed E-state index contributed by atoms with van der Waals surface area (Å²) in [6.07, 6.45) is 4.78. The number of ketones is 1. The van der Waals surface area contributed by atoms with E-state index in [0.29, 0.717) is 43.6 Å². The summed E-state index contributed by atoms with van der Waals surface area (Å²) >= 11 is 0. The van der Waals surface area contributed by atoms with Crippen LogP contribution in [-0.4, -0.2) is 64.3 Å². The van der Waals surface area contributed by atoms with Gasteiger partial charge >= 0.3 is 0 Å². The molecule has 1 aromatic rings. The van der Waals surface area contributed by atoms with Crippen molar-refractivity contribution in [1.82, 2.24) is 15.2 Å². The number of aromatic nitrogens is 1.